The lowest BCUT2D eigenvalue weighted by Crippen LogP contribution is -2.19. The molecule has 1 saturated carbocycles. The molecule has 0 saturated heterocycles. The van der Waals surface area contributed by atoms with Gasteiger partial charge in [-0.3, -0.25) is 0 Å². The Morgan fingerprint density at radius 3 is 2.35 bits per heavy atom. The third-order valence-corrected chi connectivity index (χ3v) is 4.02. The van der Waals surface area contributed by atoms with Gasteiger partial charge in [-0.15, -0.1) is 5.10 Å². The number of rotatable bonds is 4. The van der Waals surface area contributed by atoms with Gasteiger partial charge in [0.1, 0.15) is 0 Å². The van der Waals surface area contributed by atoms with Crippen molar-refractivity contribution >= 4 is 5.82 Å². The van der Waals surface area contributed by atoms with E-state index in [1.807, 2.05) is 0 Å². The van der Waals surface area contributed by atoms with E-state index >= 15 is 0 Å². The van der Waals surface area contributed by atoms with E-state index in [0.29, 0.717) is 6.04 Å². The maximum atomic E-state index is 4.38. The molecule has 102 valence electrons. The first kappa shape index (κ1) is 11.9. The minimum absolute atomic E-state index is 0.713. The van der Waals surface area contributed by atoms with Gasteiger partial charge in [0.15, 0.2) is 5.82 Å². The first-order chi connectivity index (χ1) is 9.88. The number of benzene rings is 1. The Morgan fingerprint density at radius 1 is 1.00 bits per heavy atom. The van der Waals surface area contributed by atoms with Crippen molar-refractivity contribution in [3.63, 3.8) is 0 Å². The lowest BCUT2D eigenvalue weighted by molar-refractivity contribution is 0.663. The Kier molecular flexibility index (Phi) is 2.89. The topological polar surface area (TPSA) is 41.0 Å². The van der Waals surface area contributed by atoms with Gasteiger partial charge >= 0.3 is 0 Å². The zero-order valence-corrected chi connectivity index (χ0v) is 11.4. The van der Waals surface area contributed by atoms with Crippen LogP contribution in [-0.2, 0) is 19.6 Å². The van der Waals surface area contributed by atoms with E-state index in [9.17, 15) is 0 Å². The summed E-state index contributed by atoms with van der Waals surface area (Å²) >= 11 is 0. The third-order valence-electron chi connectivity index (χ3n) is 4.02. The van der Waals surface area contributed by atoms with E-state index in [1.165, 1.54) is 24.0 Å². The smallest absolute Gasteiger partial charge is 0.151 e. The third kappa shape index (κ3) is 2.39. The van der Waals surface area contributed by atoms with Gasteiger partial charge in [-0.05, 0) is 36.1 Å². The maximum Gasteiger partial charge on any atom is 0.151 e. The second kappa shape index (κ2) is 4.87. The monoisotopic (exact) mass is 266 g/mol. The van der Waals surface area contributed by atoms with Crippen LogP contribution in [0.3, 0.4) is 0 Å². The number of hydrogen-bond acceptors (Lipinski definition) is 4. The van der Waals surface area contributed by atoms with Gasteiger partial charge in [-0.25, -0.2) is 0 Å². The predicted molar refractivity (Wildman–Crippen MR) is 78.2 cm³/mol. The van der Waals surface area contributed by atoms with E-state index < -0.39 is 0 Å². The van der Waals surface area contributed by atoms with Crippen molar-refractivity contribution in [3.8, 4) is 0 Å². The molecule has 2 aliphatic rings. The number of anilines is 1. The summed E-state index contributed by atoms with van der Waals surface area (Å²) in [6.45, 7) is 2.70. The first-order valence-corrected chi connectivity index (χ1v) is 7.26. The minimum atomic E-state index is 0.713. The molecule has 2 heterocycles. The van der Waals surface area contributed by atoms with Crippen molar-refractivity contribution in [1.82, 2.24) is 15.5 Å². The van der Waals surface area contributed by atoms with E-state index in [1.54, 1.807) is 0 Å². The van der Waals surface area contributed by atoms with Crippen molar-refractivity contribution < 1.29 is 0 Å². The molecule has 20 heavy (non-hydrogen) atoms. The lowest BCUT2D eigenvalue weighted by atomic mass is 10.1. The minimum Gasteiger partial charge on any atom is -0.346 e. The molecule has 1 fully saturated rings. The fourth-order valence-corrected chi connectivity index (χ4v) is 2.65. The molecule has 0 atom stereocenters. The van der Waals surface area contributed by atoms with Gasteiger partial charge in [0, 0.05) is 25.7 Å². The molecule has 0 spiro atoms. The van der Waals surface area contributed by atoms with Gasteiger partial charge < -0.3 is 10.2 Å². The fourth-order valence-electron chi connectivity index (χ4n) is 2.65. The van der Waals surface area contributed by atoms with E-state index in [4.69, 9.17) is 0 Å². The zero-order chi connectivity index (χ0) is 13.4. The van der Waals surface area contributed by atoms with E-state index in [2.05, 4.69) is 56.8 Å². The van der Waals surface area contributed by atoms with Crippen LogP contribution < -0.4 is 10.2 Å². The summed E-state index contributed by atoms with van der Waals surface area (Å²) in [5, 5.41) is 12.2. The summed E-state index contributed by atoms with van der Waals surface area (Å²) in [4.78, 5) is 2.27. The Hall–Kier alpha value is -1.94. The summed E-state index contributed by atoms with van der Waals surface area (Å²) in [7, 11) is 0. The van der Waals surface area contributed by atoms with Crippen molar-refractivity contribution in [2.75, 3.05) is 4.90 Å². The summed E-state index contributed by atoms with van der Waals surface area (Å²) in [6, 6.07) is 13.5. The molecule has 1 aromatic carbocycles. The van der Waals surface area contributed by atoms with Crippen LogP contribution in [0.2, 0.25) is 0 Å². The van der Waals surface area contributed by atoms with Crippen molar-refractivity contribution in [3.05, 3.63) is 53.2 Å². The summed E-state index contributed by atoms with van der Waals surface area (Å²) < 4.78 is 0. The number of nitrogens with zero attached hydrogens (tertiary/aromatic N) is 3. The average Bonchev–Trinajstić information content (AvgIpc) is 3.22. The fraction of sp³-hybridized carbons (Fsp3) is 0.375. The van der Waals surface area contributed by atoms with Crippen LogP contribution in [0.4, 0.5) is 5.82 Å². The highest BCUT2D eigenvalue weighted by Gasteiger charge is 2.21. The van der Waals surface area contributed by atoms with E-state index in [0.717, 1.165) is 31.1 Å². The highest BCUT2D eigenvalue weighted by molar-refractivity contribution is 5.46. The lowest BCUT2D eigenvalue weighted by Gasteiger charge is -2.15. The van der Waals surface area contributed by atoms with Crippen LogP contribution in [0.25, 0.3) is 0 Å². The molecular weight excluding hydrogens is 248 g/mol. The van der Waals surface area contributed by atoms with Crippen LogP contribution in [-0.4, -0.2) is 16.2 Å². The molecule has 4 rings (SSSR count). The second-order valence-electron chi connectivity index (χ2n) is 5.66. The quantitative estimate of drug-likeness (QED) is 0.921. The molecule has 0 unspecified atom stereocenters. The largest absolute Gasteiger partial charge is 0.346 e. The van der Waals surface area contributed by atoms with Crippen LogP contribution in [0.15, 0.2) is 36.4 Å². The highest BCUT2D eigenvalue weighted by Crippen LogP contribution is 2.26. The Balaban J connectivity index is 1.44. The number of aromatic nitrogens is 2. The molecule has 1 aliphatic heterocycles. The summed E-state index contributed by atoms with van der Waals surface area (Å²) in [6.07, 6.45) is 2.61. The highest BCUT2D eigenvalue weighted by atomic mass is 15.3. The standard InChI is InChI=1S/C16H18N4/c1-2-4-13-11-20(10-12(13)3-1)16-8-7-15(18-19-16)9-17-14-5-6-14/h1-4,7-8,14,17H,5-6,9-11H2. The second-order valence-corrected chi connectivity index (χ2v) is 5.66. The van der Waals surface area contributed by atoms with Crippen molar-refractivity contribution in [1.29, 1.82) is 0 Å². The molecule has 1 N–H and O–H groups in total. The number of hydrogen-bond donors (Lipinski definition) is 1. The molecule has 2 aromatic rings. The van der Waals surface area contributed by atoms with Gasteiger partial charge in [-0.2, -0.15) is 5.10 Å². The van der Waals surface area contributed by atoms with Crippen LogP contribution in [0.1, 0.15) is 29.7 Å². The molecule has 4 heteroatoms. The van der Waals surface area contributed by atoms with Gasteiger partial charge in [0.2, 0.25) is 0 Å². The normalized spacial score (nSPS) is 17.3. The molecule has 0 bridgehead atoms. The van der Waals surface area contributed by atoms with Gasteiger partial charge in [0.25, 0.3) is 0 Å². The Labute approximate surface area is 118 Å². The maximum absolute atomic E-state index is 4.38. The molecule has 0 amide bonds. The Morgan fingerprint density at radius 2 is 1.75 bits per heavy atom. The predicted octanol–water partition coefficient (Wildman–Crippen LogP) is 2.25. The first-order valence-electron chi connectivity index (χ1n) is 7.26. The molecule has 1 aliphatic carbocycles. The van der Waals surface area contributed by atoms with E-state index in [-0.39, 0.29) is 0 Å². The van der Waals surface area contributed by atoms with Crippen LogP contribution in [0, 0.1) is 0 Å². The zero-order valence-electron chi connectivity index (χ0n) is 11.4. The van der Waals surface area contributed by atoms with Crippen LogP contribution >= 0.6 is 0 Å². The number of fused-ring (bicyclic) bond motifs is 1. The summed E-state index contributed by atoms with van der Waals surface area (Å²) in [5.41, 5.74) is 3.82. The molecule has 1 aromatic heterocycles. The molecular formula is C16H18N4. The van der Waals surface area contributed by atoms with Gasteiger partial charge in [0.05, 0.1) is 5.69 Å². The summed E-state index contributed by atoms with van der Waals surface area (Å²) in [5.74, 6) is 0.969. The number of nitrogens with one attached hydrogen (secondary N) is 1. The van der Waals surface area contributed by atoms with Crippen molar-refractivity contribution in [2.45, 2.75) is 38.5 Å². The molecule has 4 nitrogen and oxygen atoms in total. The molecule has 0 radical (unpaired) electrons. The Bertz CT molecular complexity index is 579. The van der Waals surface area contributed by atoms with Crippen LogP contribution in [0.5, 0.6) is 0 Å². The van der Waals surface area contributed by atoms with Gasteiger partial charge in [-0.1, -0.05) is 24.3 Å². The average molecular weight is 266 g/mol. The SMILES string of the molecule is c1ccc2c(c1)CN(c1ccc(CNC3CC3)nn1)C2. The van der Waals surface area contributed by atoms with Crippen molar-refractivity contribution in [2.24, 2.45) is 0 Å².